The van der Waals surface area contributed by atoms with Gasteiger partial charge in [-0.25, -0.2) is 0 Å². The SMILES string of the molecule is COCCOC1CCN(c2c(C)cccc2[N+](=O)[O-])CC1. The zero-order valence-electron chi connectivity index (χ0n) is 12.6. The lowest BCUT2D eigenvalue weighted by atomic mass is 10.0. The van der Waals surface area contributed by atoms with Crippen molar-refractivity contribution >= 4 is 11.4 Å². The van der Waals surface area contributed by atoms with E-state index in [1.165, 1.54) is 0 Å². The van der Waals surface area contributed by atoms with E-state index in [4.69, 9.17) is 9.47 Å². The van der Waals surface area contributed by atoms with Crippen LogP contribution in [0.5, 0.6) is 0 Å². The predicted molar refractivity (Wildman–Crippen MR) is 80.9 cm³/mol. The maximum Gasteiger partial charge on any atom is 0.292 e. The monoisotopic (exact) mass is 294 g/mol. The van der Waals surface area contributed by atoms with Crippen LogP contribution in [-0.2, 0) is 9.47 Å². The van der Waals surface area contributed by atoms with Crippen molar-refractivity contribution in [3.63, 3.8) is 0 Å². The van der Waals surface area contributed by atoms with Gasteiger partial charge in [-0.05, 0) is 25.3 Å². The molecule has 0 N–H and O–H groups in total. The van der Waals surface area contributed by atoms with Gasteiger partial charge in [-0.2, -0.15) is 0 Å². The standard InChI is InChI=1S/C15H22N2O4/c1-12-4-3-5-14(17(18)19)15(12)16-8-6-13(7-9-16)21-11-10-20-2/h3-5,13H,6-11H2,1-2H3. The second kappa shape index (κ2) is 7.38. The normalized spacial score (nSPS) is 16.2. The molecule has 1 fully saturated rings. The van der Waals surface area contributed by atoms with E-state index in [0.717, 1.165) is 37.2 Å². The molecule has 1 aliphatic rings. The van der Waals surface area contributed by atoms with Crippen molar-refractivity contribution in [2.75, 3.05) is 38.3 Å². The first kappa shape index (κ1) is 15.7. The second-order valence-corrected chi connectivity index (χ2v) is 5.25. The molecule has 1 aliphatic heterocycles. The quantitative estimate of drug-likeness (QED) is 0.458. The Morgan fingerprint density at radius 3 is 2.67 bits per heavy atom. The van der Waals surface area contributed by atoms with Gasteiger partial charge in [-0.3, -0.25) is 10.1 Å². The molecule has 0 atom stereocenters. The minimum Gasteiger partial charge on any atom is -0.382 e. The third-order valence-corrected chi connectivity index (χ3v) is 3.81. The fraction of sp³-hybridized carbons (Fsp3) is 0.600. The minimum atomic E-state index is -0.302. The molecule has 116 valence electrons. The fourth-order valence-corrected chi connectivity index (χ4v) is 2.75. The van der Waals surface area contributed by atoms with Gasteiger partial charge in [0, 0.05) is 26.3 Å². The van der Waals surface area contributed by atoms with E-state index in [2.05, 4.69) is 4.90 Å². The van der Waals surface area contributed by atoms with Crippen LogP contribution in [0.1, 0.15) is 18.4 Å². The number of rotatable bonds is 6. The van der Waals surface area contributed by atoms with E-state index in [-0.39, 0.29) is 16.7 Å². The number of ether oxygens (including phenoxy) is 2. The van der Waals surface area contributed by atoms with Crippen molar-refractivity contribution in [3.05, 3.63) is 33.9 Å². The number of nitro groups is 1. The largest absolute Gasteiger partial charge is 0.382 e. The Bertz CT molecular complexity index is 485. The highest BCUT2D eigenvalue weighted by Crippen LogP contribution is 2.33. The molecule has 6 nitrogen and oxygen atoms in total. The zero-order chi connectivity index (χ0) is 15.2. The summed E-state index contributed by atoms with van der Waals surface area (Å²) in [6.07, 6.45) is 1.99. The van der Waals surface area contributed by atoms with E-state index < -0.39 is 0 Å². The summed E-state index contributed by atoms with van der Waals surface area (Å²) in [4.78, 5) is 13.0. The van der Waals surface area contributed by atoms with Crippen LogP contribution in [0.15, 0.2) is 18.2 Å². The lowest BCUT2D eigenvalue weighted by Crippen LogP contribution is -2.38. The van der Waals surface area contributed by atoms with Gasteiger partial charge >= 0.3 is 0 Å². The third kappa shape index (κ3) is 3.92. The molecule has 21 heavy (non-hydrogen) atoms. The van der Waals surface area contributed by atoms with Gasteiger partial charge in [0.15, 0.2) is 0 Å². The van der Waals surface area contributed by atoms with E-state index >= 15 is 0 Å². The van der Waals surface area contributed by atoms with Crippen LogP contribution >= 0.6 is 0 Å². The highest BCUT2D eigenvalue weighted by Gasteiger charge is 2.26. The number of benzene rings is 1. The Morgan fingerprint density at radius 2 is 2.05 bits per heavy atom. The molecule has 0 radical (unpaired) electrons. The first-order valence-electron chi connectivity index (χ1n) is 7.23. The van der Waals surface area contributed by atoms with Crippen LogP contribution in [0.3, 0.4) is 0 Å². The number of anilines is 1. The molecule has 0 saturated carbocycles. The third-order valence-electron chi connectivity index (χ3n) is 3.81. The lowest BCUT2D eigenvalue weighted by molar-refractivity contribution is -0.384. The fourth-order valence-electron chi connectivity index (χ4n) is 2.75. The number of hydrogen-bond donors (Lipinski definition) is 0. The van der Waals surface area contributed by atoms with Gasteiger partial charge in [0.25, 0.3) is 5.69 Å². The van der Waals surface area contributed by atoms with Crippen LogP contribution in [0.2, 0.25) is 0 Å². The number of aryl methyl sites for hydroxylation is 1. The summed E-state index contributed by atoms with van der Waals surface area (Å²) in [5.41, 5.74) is 1.88. The maximum absolute atomic E-state index is 11.2. The molecule has 1 saturated heterocycles. The van der Waals surface area contributed by atoms with E-state index in [1.807, 2.05) is 13.0 Å². The second-order valence-electron chi connectivity index (χ2n) is 5.25. The molecule has 1 heterocycles. The van der Waals surface area contributed by atoms with Crippen molar-refractivity contribution in [3.8, 4) is 0 Å². The summed E-state index contributed by atoms with van der Waals surface area (Å²) in [6.45, 7) is 4.69. The van der Waals surface area contributed by atoms with Gasteiger partial charge in [-0.15, -0.1) is 0 Å². The number of hydrogen-bond acceptors (Lipinski definition) is 5. The first-order valence-corrected chi connectivity index (χ1v) is 7.23. The van der Waals surface area contributed by atoms with Crippen LogP contribution in [0, 0.1) is 17.0 Å². The molecular formula is C15H22N2O4. The van der Waals surface area contributed by atoms with Crippen LogP contribution in [0.4, 0.5) is 11.4 Å². The topological polar surface area (TPSA) is 64.8 Å². The Balaban J connectivity index is 2.01. The molecule has 0 amide bonds. The summed E-state index contributed by atoms with van der Waals surface area (Å²) >= 11 is 0. The van der Waals surface area contributed by atoms with Crippen molar-refractivity contribution in [1.82, 2.24) is 0 Å². The smallest absolute Gasteiger partial charge is 0.292 e. The van der Waals surface area contributed by atoms with Crippen molar-refractivity contribution in [2.45, 2.75) is 25.9 Å². The molecule has 0 unspecified atom stereocenters. The summed E-state index contributed by atoms with van der Waals surface area (Å²) < 4.78 is 10.7. The average molecular weight is 294 g/mol. The van der Waals surface area contributed by atoms with Crippen molar-refractivity contribution in [1.29, 1.82) is 0 Å². The van der Waals surface area contributed by atoms with Crippen LogP contribution in [-0.4, -0.2) is 44.4 Å². The minimum absolute atomic E-state index is 0.189. The van der Waals surface area contributed by atoms with Gasteiger partial charge in [0.2, 0.25) is 0 Å². The molecule has 2 rings (SSSR count). The summed E-state index contributed by atoms with van der Waals surface area (Å²) in [5.74, 6) is 0. The molecule has 1 aromatic rings. The molecule has 6 heteroatoms. The van der Waals surface area contributed by atoms with E-state index in [0.29, 0.717) is 13.2 Å². The summed E-state index contributed by atoms with van der Waals surface area (Å²) in [6, 6.07) is 5.23. The number of piperidine rings is 1. The molecular weight excluding hydrogens is 272 g/mol. The lowest BCUT2D eigenvalue weighted by Gasteiger charge is -2.34. The Labute approximate surface area is 124 Å². The number of nitro benzene ring substituents is 1. The van der Waals surface area contributed by atoms with Gasteiger partial charge in [-0.1, -0.05) is 12.1 Å². The maximum atomic E-state index is 11.2. The van der Waals surface area contributed by atoms with E-state index in [1.54, 1.807) is 19.2 Å². The summed E-state index contributed by atoms with van der Waals surface area (Å²) in [7, 11) is 1.66. The van der Waals surface area contributed by atoms with Crippen molar-refractivity contribution in [2.24, 2.45) is 0 Å². The van der Waals surface area contributed by atoms with Gasteiger partial charge in [0.05, 0.1) is 24.2 Å². The molecule has 0 spiro atoms. The van der Waals surface area contributed by atoms with Crippen LogP contribution < -0.4 is 4.90 Å². The Hall–Kier alpha value is -1.66. The Morgan fingerprint density at radius 1 is 1.33 bits per heavy atom. The highest BCUT2D eigenvalue weighted by atomic mass is 16.6. The average Bonchev–Trinajstić information content (AvgIpc) is 2.48. The first-order chi connectivity index (χ1) is 10.1. The van der Waals surface area contributed by atoms with Crippen LogP contribution in [0.25, 0.3) is 0 Å². The molecule has 0 aromatic heterocycles. The number of nitrogens with zero attached hydrogens (tertiary/aromatic N) is 2. The molecule has 1 aromatic carbocycles. The van der Waals surface area contributed by atoms with Gasteiger partial charge < -0.3 is 14.4 Å². The Kier molecular flexibility index (Phi) is 5.52. The zero-order valence-corrected chi connectivity index (χ0v) is 12.6. The predicted octanol–water partition coefficient (Wildman–Crippen LogP) is 2.54. The highest BCUT2D eigenvalue weighted by molar-refractivity contribution is 5.67. The summed E-state index contributed by atoms with van der Waals surface area (Å²) in [5, 5.41) is 11.2. The number of para-hydroxylation sites is 1. The molecule has 0 bridgehead atoms. The number of methoxy groups -OCH3 is 1. The van der Waals surface area contributed by atoms with Crippen molar-refractivity contribution < 1.29 is 14.4 Å². The molecule has 0 aliphatic carbocycles. The van der Waals surface area contributed by atoms with E-state index in [9.17, 15) is 10.1 Å². The van der Waals surface area contributed by atoms with Gasteiger partial charge in [0.1, 0.15) is 5.69 Å².